The molecule has 0 radical (unpaired) electrons. The van der Waals surface area contributed by atoms with Gasteiger partial charge in [-0.2, -0.15) is 0 Å². The fourth-order valence-corrected chi connectivity index (χ4v) is 2.92. The van der Waals surface area contributed by atoms with Crippen LogP contribution in [0, 0.1) is 5.92 Å². The minimum absolute atomic E-state index is 0.281. The second kappa shape index (κ2) is 3.27. The van der Waals surface area contributed by atoms with Crippen LogP contribution in [0.1, 0.15) is 47.0 Å². The summed E-state index contributed by atoms with van der Waals surface area (Å²) in [5.74, 6) is 0.845. The van der Waals surface area contributed by atoms with E-state index in [-0.39, 0.29) is 5.54 Å². The van der Waals surface area contributed by atoms with Crippen LogP contribution in [0.15, 0.2) is 11.3 Å². The molecule has 2 aliphatic rings. The zero-order valence-corrected chi connectivity index (χ0v) is 9.85. The van der Waals surface area contributed by atoms with E-state index in [0.717, 1.165) is 12.5 Å². The zero-order valence-electron chi connectivity index (χ0n) is 9.85. The third-order valence-corrected chi connectivity index (χ3v) is 3.59. The second-order valence-electron chi connectivity index (χ2n) is 5.56. The first-order chi connectivity index (χ1) is 6.50. The lowest BCUT2D eigenvalue weighted by molar-refractivity contribution is 0.109. The molecule has 1 fully saturated rings. The van der Waals surface area contributed by atoms with Gasteiger partial charge < -0.3 is 5.01 Å². The Bertz CT molecular complexity index is 265. The van der Waals surface area contributed by atoms with Crippen molar-refractivity contribution < 1.29 is 0 Å². The van der Waals surface area contributed by atoms with Crippen LogP contribution < -0.4 is 5.43 Å². The Kier molecular flexibility index (Phi) is 2.34. The molecule has 0 spiro atoms. The van der Waals surface area contributed by atoms with E-state index in [1.165, 1.54) is 24.8 Å². The zero-order chi connectivity index (χ0) is 10.3. The SMILES string of the molecule is CC1=C2CCC(C)CC(C)(C)N2NC1. The Balaban J connectivity index is 2.30. The molecule has 1 saturated heterocycles. The van der Waals surface area contributed by atoms with Crippen LogP contribution in [-0.4, -0.2) is 17.1 Å². The van der Waals surface area contributed by atoms with E-state index in [1.54, 1.807) is 5.70 Å². The number of rotatable bonds is 0. The molecule has 0 aromatic rings. The molecule has 0 aromatic carbocycles. The molecular weight excluding hydrogens is 172 g/mol. The summed E-state index contributed by atoms with van der Waals surface area (Å²) in [6.07, 6.45) is 3.88. The quantitative estimate of drug-likeness (QED) is 0.638. The molecule has 2 heterocycles. The molecule has 2 rings (SSSR count). The molecule has 2 nitrogen and oxygen atoms in total. The van der Waals surface area contributed by atoms with E-state index >= 15 is 0 Å². The highest BCUT2D eigenvalue weighted by atomic mass is 15.6. The molecule has 80 valence electrons. The van der Waals surface area contributed by atoms with Crippen LogP contribution in [0.2, 0.25) is 0 Å². The van der Waals surface area contributed by atoms with Crippen molar-refractivity contribution >= 4 is 0 Å². The van der Waals surface area contributed by atoms with Crippen LogP contribution in [0.25, 0.3) is 0 Å². The predicted molar refractivity (Wildman–Crippen MR) is 59.6 cm³/mol. The highest BCUT2D eigenvalue weighted by Crippen LogP contribution is 2.37. The third kappa shape index (κ3) is 1.56. The van der Waals surface area contributed by atoms with Crippen molar-refractivity contribution in [1.29, 1.82) is 0 Å². The molecule has 0 bridgehead atoms. The number of nitrogens with one attached hydrogen (secondary N) is 1. The van der Waals surface area contributed by atoms with Gasteiger partial charge in [-0.15, -0.1) is 0 Å². The van der Waals surface area contributed by atoms with E-state index in [9.17, 15) is 0 Å². The summed E-state index contributed by atoms with van der Waals surface area (Å²) in [4.78, 5) is 0. The Morgan fingerprint density at radius 3 is 2.86 bits per heavy atom. The number of fused-ring (bicyclic) bond motifs is 1. The van der Waals surface area contributed by atoms with Crippen molar-refractivity contribution in [3.05, 3.63) is 11.3 Å². The Morgan fingerprint density at radius 2 is 2.14 bits per heavy atom. The van der Waals surface area contributed by atoms with Gasteiger partial charge in [0.2, 0.25) is 0 Å². The lowest BCUT2D eigenvalue weighted by atomic mass is 9.91. The average molecular weight is 194 g/mol. The minimum Gasteiger partial charge on any atom is -0.307 e. The van der Waals surface area contributed by atoms with Crippen LogP contribution in [0.3, 0.4) is 0 Å². The minimum atomic E-state index is 0.281. The average Bonchev–Trinajstić information content (AvgIpc) is 2.37. The number of hydrogen-bond donors (Lipinski definition) is 1. The van der Waals surface area contributed by atoms with Crippen molar-refractivity contribution in [2.75, 3.05) is 6.54 Å². The van der Waals surface area contributed by atoms with Crippen LogP contribution >= 0.6 is 0 Å². The van der Waals surface area contributed by atoms with Crippen molar-refractivity contribution in [3.8, 4) is 0 Å². The van der Waals surface area contributed by atoms with E-state index in [2.05, 4.69) is 38.1 Å². The van der Waals surface area contributed by atoms with Gasteiger partial charge in [0.05, 0.1) is 5.54 Å². The fourth-order valence-electron chi connectivity index (χ4n) is 2.92. The Hall–Kier alpha value is -0.500. The normalized spacial score (nSPS) is 31.7. The van der Waals surface area contributed by atoms with Crippen molar-refractivity contribution in [2.24, 2.45) is 5.92 Å². The van der Waals surface area contributed by atoms with E-state index < -0.39 is 0 Å². The number of allylic oxidation sites excluding steroid dienone is 1. The van der Waals surface area contributed by atoms with Crippen LogP contribution in [0.5, 0.6) is 0 Å². The summed E-state index contributed by atoms with van der Waals surface area (Å²) in [5, 5.41) is 2.42. The van der Waals surface area contributed by atoms with Gasteiger partial charge >= 0.3 is 0 Å². The van der Waals surface area contributed by atoms with Gasteiger partial charge in [0, 0.05) is 12.2 Å². The van der Waals surface area contributed by atoms with Gasteiger partial charge in [0.1, 0.15) is 0 Å². The Morgan fingerprint density at radius 1 is 1.43 bits per heavy atom. The maximum atomic E-state index is 3.52. The topological polar surface area (TPSA) is 15.3 Å². The fraction of sp³-hybridized carbons (Fsp3) is 0.833. The van der Waals surface area contributed by atoms with Gasteiger partial charge in [-0.3, -0.25) is 0 Å². The maximum absolute atomic E-state index is 3.52. The molecular formula is C12H22N2. The molecule has 2 aliphatic heterocycles. The first kappa shape index (κ1) is 10.0. The molecule has 0 saturated carbocycles. The molecule has 14 heavy (non-hydrogen) atoms. The lowest BCUT2D eigenvalue weighted by Crippen LogP contribution is -2.48. The predicted octanol–water partition coefficient (Wildman–Crippen LogP) is 2.68. The molecule has 2 heteroatoms. The van der Waals surface area contributed by atoms with Gasteiger partial charge in [-0.25, -0.2) is 5.43 Å². The van der Waals surface area contributed by atoms with Gasteiger partial charge in [0.15, 0.2) is 0 Å². The van der Waals surface area contributed by atoms with E-state index in [1.807, 2.05) is 0 Å². The summed E-state index contributed by atoms with van der Waals surface area (Å²) >= 11 is 0. The standard InChI is InChI=1S/C12H22N2/c1-9-5-6-11-10(2)8-13-14(11)12(3,4)7-9/h9,13H,5-8H2,1-4H3. The van der Waals surface area contributed by atoms with Crippen molar-refractivity contribution in [1.82, 2.24) is 10.4 Å². The molecule has 1 N–H and O–H groups in total. The largest absolute Gasteiger partial charge is 0.307 e. The Labute approximate surface area is 87.3 Å². The number of hydrogen-bond acceptors (Lipinski definition) is 2. The first-order valence-electron chi connectivity index (χ1n) is 5.73. The van der Waals surface area contributed by atoms with Crippen molar-refractivity contribution in [3.63, 3.8) is 0 Å². The maximum Gasteiger partial charge on any atom is 0.0506 e. The summed E-state index contributed by atoms with van der Waals surface area (Å²) in [7, 11) is 0. The number of nitrogens with zero attached hydrogens (tertiary/aromatic N) is 1. The monoisotopic (exact) mass is 194 g/mol. The highest BCUT2D eigenvalue weighted by Gasteiger charge is 2.36. The molecule has 1 unspecified atom stereocenters. The van der Waals surface area contributed by atoms with Crippen LogP contribution in [0.4, 0.5) is 0 Å². The van der Waals surface area contributed by atoms with E-state index in [4.69, 9.17) is 0 Å². The van der Waals surface area contributed by atoms with Crippen molar-refractivity contribution in [2.45, 2.75) is 52.5 Å². The summed E-state index contributed by atoms with van der Waals surface area (Å²) in [6.45, 7) is 10.4. The smallest absolute Gasteiger partial charge is 0.0506 e. The van der Waals surface area contributed by atoms with Gasteiger partial charge in [-0.05, 0) is 51.5 Å². The molecule has 0 aliphatic carbocycles. The lowest BCUT2D eigenvalue weighted by Gasteiger charge is -2.38. The van der Waals surface area contributed by atoms with Gasteiger partial charge in [-0.1, -0.05) is 6.92 Å². The molecule has 0 aromatic heterocycles. The summed E-state index contributed by atoms with van der Waals surface area (Å²) in [6, 6.07) is 0. The molecule has 0 amide bonds. The van der Waals surface area contributed by atoms with Crippen LogP contribution in [-0.2, 0) is 0 Å². The van der Waals surface area contributed by atoms with Gasteiger partial charge in [0.25, 0.3) is 0 Å². The van der Waals surface area contributed by atoms with E-state index in [0.29, 0.717) is 0 Å². The highest BCUT2D eigenvalue weighted by molar-refractivity contribution is 5.20. The third-order valence-electron chi connectivity index (χ3n) is 3.59. The summed E-state index contributed by atoms with van der Waals surface area (Å²) < 4.78 is 0. The number of hydrazine groups is 1. The summed E-state index contributed by atoms with van der Waals surface area (Å²) in [5.41, 5.74) is 6.89. The molecule has 1 atom stereocenters. The second-order valence-corrected chi connectivity index (χ2v) is 5.56. The first-order valence-corrected chi connectivity index (χ1v) is 5.73.